The molecule has 0 amide bonds. The first-order valence-corrected chi connectivity index (χ1v) is 6.45. The van der Waals surface area contributed by atoms with E-state index in [1.807, 2.05) is 0 Å². The van der Waals surface area contributed by atoms with Gasteiger partial charge in [-0.2, -0.15) is 0 Å². The van der Waals surface area contributed by atoms with Crippen molar-refractivity contribution in [3.8, 4) is 5.75 Å². The van der Waals surface area contributed by atoms with E-state index in [4.69, 9.17) is 4.74 Å². The van der Waals surface area contributed by atoms with Crippen LogP contribution in [0.15, 0.2) is 18.2 Å². The molecule has 112 valence electrons. The number of fused-ring (bicyclic) bond motifs is 2. The quantitative estimate of drug-likeness (QED) is 0.924. The van der Waals surface area contributed by atoms with Crippen LogP contribution in [0.4, 0.5) is 18.9 Å². The van der Waals surface area contributed by atoms with Gasteiger partial charge in [-0.3, -0.25) is 0 Å². The lowest BCUT2D eigenvalue weighted by molar-refractivity contribution is -0.274. The van der Waals surface area contributed by atoms with Crippen LogP contribution < -0.4 is 10.1 Å². The summed E-state index contributed by atoms with van der Waals surface area (Å²) >= 11 is 0. The maximum atomic E-state index is 12.5. The SMILES string of the molecule is CNc1c2c(nc3c(OC(F)(F)F)cccc13)CCOC2. The zero-order valence-electron chi connectivity index (χ0n) is 11.3. The maximum Gasteiger partial charge on any atom is 0.573 e. The Bertz CT molecular complexity index is 686. The standard InChI is InChI=1S/C14H13F3N2O2/c1-18-12-8-3-2-4-11(21-14(15,16)17)13(8)19-10-5-6-20-7-9(10)12/h2-4H,5-7H2,1H3,(H,18,19). The first-order chi connectivity index (χ1) is 9.99. The maximum absolute atomic E-state index is 12.5. The second-order valence-corrected chi connectivity index (χ2v) is 4.66. The summed E-state index contributed by atoms with van der Waals surface area (Å²) in [6.45, 7) is 0.912. The fourth-order valence-electron chi connectivity index (χ4n) is 2.55. The number of nitrogens with zero attached hydrogens (tertiary/aromatic N) is 1. The van der Waals surface area contributed by atoms with Crippen LogP contribution in [0.3, 0.4) is 0 Å². The monoisotopic (exact) mass is 298 g/mol. The minimum Gasteiger partial charge on any atom is -0.403 e. The molecular formula is C14H13F3N2O2. The second-order valence-electron chi connectivity index (χ2n) is 4.66. The van der Waals surface area contributed by atoms with Crippen LogP contribution in [0.25, 0.3) is 10.9 Å². The van der Waals surface area contributed by atoms with Crippen LogP contribution in [0, 0.1) is 0 Å². The molecule has 1 aromatic heterocycles. The van der Waals surface area contributed by atoms with Gasteiger partial charge in [-0.05, 0) is 6.07 Å². The normalized spacial score (nSPS) is 14.9. The average Bonchev–Trinajstić information content (AvgIpc) is 2.44. The summed E-state index contributed by atoms with van der Waals surface area (Å²) < 4.78 is 47.0. The third-order valence-corrected chi connectivity index (χ3v) is 3.37. The largest absolute Gasteiger partial charge is 0.573 e. The summed E-state index contributed by atoms with van der Waals surface area (Å²) in [7, 11) is 1.72. The van der Waals surface area contributed by atoms with Gasteiger partial charge in [-0.15, -0.1) is 13.2 Å². The minimum absolute atomic E-state index is 0.208. The zero-order chi connectivity index (χ0) is 15.0. The Morgan fingerprint density at radius 3 is 2.86 bits per heavy atom. The fraction of sp³-hybridized carbons (Fsp3) is 0.357. The lowest BCUT2D eigenvalue weighted by atomic mass is 10.0. The van der Waals surface area contributed by atoms with Crippen molar-refractivity contribution in [2.24, 2.45) is 0 Å². The lowest BCUT2D eigenvalue weighted by Crippen LogP contribution is -2.18. The predicted octanol–water partition coefficient (Wildman–Crippen LogP) is 3.25. The highest BCUT2D eigenvalue weighted by molar-refractivity contribution is 5.96. The number of pyridine rings is 1. The van der Waals surface area contributed by atoms with Gasteiger partial charge in [-0.1, -0.05) is 12.1 Å². The van der Waals surface area contributed by atoms with Crippen molar-refractivity contribution in [2.45, 2.75) is 19.4 Å². The number of hydrogen-bond donors (Lipinski definition) is 1. The molecule has 1 aliphatic heterocycles. The van der Waals surface area contributed by atoms with Gasteiger partial charge in [0.05, 0.1) is 24.6 Å². The molecule has 1 aliphatic rings. The Kier molecular flexibility index (Phi) is 3.36. The van der Waals surface area contributed by atoms with E-state index in [1.54, 1.807) is 13.1 Å². The fourth-order valence-corrected chi connectivity index (χ4v) is 2.55. The number of alkyl halides is 3. The number of aromatic nitrogens is 1. The van der Waals surface area contributed by atoms with E-state index in [9.17, 15) is 13.2 Å². The molecular weight excluding hydrogens is 285 g/mol. The Balaban J connectivity index is 2.24. The molecule has 2 aromatic rings. The smallest absolute Gasteiger partial charge is 0.403 e. The Hall–Kier alpha value is -2.02. The number of anilines is 1. The molecule has 0 spiro atoms. The Morgan fingerprint density at radius 2 is 2.14 bits per heavy atom. The number of nitrogens with one attached hydrogen (secondary N) is 1. The summed E-state index contributed by atoms with van der Waals surface area (Å²) in [6, 6.07) is 4.50. The highest BCUT2D eigenvalue weighted by atomic mass is 19.4. The van der Waals surface area contributed by atoms with E-state index >= 15 is 0 Å². The third-order valence-electron chi connectivity index (χ3n) is 3.37. The lowest BCUT2D eigenvalue weighted by Gasteiger charge is -2.21. The molecule has 0 unspecified atom stereocenters. The van der Waals surface area contributed by atoms with Crippen LogP contribution in [0.1, 0.15) is 11.3 Å². The van der Waals surface area contributed by atoms with Gasteiger partial charge in [0, 0.05) is 24.4 Å². The predicted molar refractivity (Wildman–Crippen MR) is 71.3 cm³/mol. The van der Waals surface area contributed by atoms with Crippen LogP contribution in [0.2, 0.25) is 0 Å². The Morgan fingerprint density at radius 1 is 1.33 bits per heavy atom. The van der Waals surface area contributed by atoms with Crippen molar-refractivity contribution >= 4 is 16.6 Å². The highest BCUT2D eigenvalue weighted by Gasteiger charge is 2.32. The summed E-state index contributed by atoms with van der Waals surface area (Å²) in [4.78, 5) is 4.36. The van der Waals surface area contributed by atoms with Gasteiger partial charge in [0.1, 0.15) is 5.52 Å². The van der Waals surface area contributed by atoms with Crippen molar-refractivity contribution in [1.82, 2.24) is 4.98 Å². The van der Waals surface area contributed by atoms with E-state index in [2.05, 4.69) is 15.0 Å². The number of ether oxygens (including phenoxy) is 2. The van der Waals surface area contributed by atoms with E-state index in [0.717, 1.165) is 16.9 Å². The molecule has 1 aromatic carbocycles. The molecule has 0 fully saturated rings. The number of para-hydroxylation sites is 1. The van der Waals surface area contributed by atoms with Gasteiger partial charge in [-0.25, -0.2) is 4.98 Å². The summed E-state index contributed by atoms with van der Waals surface area (Å²) in [6.07, 6.45) is -4.17. The van der Waals surface area contributed by atoms with Crippen molar-refractivity contribution in [1.29, 1.82) is 0 Å². The average molecular weight is 298 g/mol. The first-order valence-electron chi connectivity index (χ1n) is 6.45. The van der Waals surface area contributed by atoms with Crippen LogP contribution >= 0.6 is 0 Å². The topological polar surface area (TPSA) is 43.4 Å². The van der Waals surface area contributed by atoms with Crippen molar-refractivity contribution in [3.63, 3.8) is 0 Å². The van der Waals surface area contributed by atoms with Gasteiger partial charge >= 0.3 is 6.36 Å². The molecule has 1 N–H and O–H groups in total. The summed E-state index contributed by atoms with van der Waals surface area (Å²) in [5, 5.41) is 3.62. The molecule has 0 aliphatic carbocycles. The molecule has 3 rings (SSSR count). The molecule has 7 heteroatoms. The number of benzene rings is 1. The van der Waals surface area contributed by atoms with Crippen LogP contribution in [0.5, 0.6) is 5.75 Å². The number of halogens is 3. The van der Waals surface area contributed by atoms with Crippen LogP contribution in [-0.4, -0.2) is 25.0 Å². The molecule has 0 saturated heterocycles. The van der Waals surface area contributed by atoms with Crippen molar-refractivity contribution < 1.29 is 22.6 Å². The van der Waals surface area contributed by atoms with Crippen LogP contribution in [-0.2, 0) is 17.8 Å². The van der Waals surface area contributed by atoms with E-state index in [1.165, 1.54) is 12.1 Å². The van der Waals surface area contributed by atoms with E-state index < -0.39 is 6.36 Å². The van der Waals surface area contributed by atoms with Gasteiger partial charge < -0.3 is 14.8 Å². The van der Waals surface area contributed by atoms with Gasteiger partial charge in [0.2, 0.25) is 0 Å². The van der Waals surface area contributed by atoms with Gasteiger partial charge in [0.15, 0.2) is 5.75 Å². The first kappa shape index (κ1) is 13.9. The molecule has 2 heterocycles. The Labute approximate surface area is 118 Å². The van der Waals surface area contributed by atoms with Gasteiger partial charge in [0.25, 0.3) is 0 Å². The van der Waals surface area contributed by atoms with E-state index in [0.29, 0.717) is 25.0 Å². The molecule has 4 nitrogen and oxygen atoms in total. The zero-order valence-corrected chi connectivity index (χ0v) is 11.3. The molecule has 21 heavy (non-hydrogen) atoms. The molecule has 0 bridgehead atoms. The molecule has 0 saturated carbocycles. The molecule has 0 atom stereocenters. The molecule has 0 radical (unpaired) electrons. The van der Waals surface area contributed by atoms with E-state index in [-0.39, 0.29) is 11.3 Å². The van der Waals surface area contributed by atoms with Crippen molar-refractivity contribution in [2.75, 3.05) is 19.0 Å². The minimum atomic E-state index is -4.74. The number of hydrogen-bond acceptors (Lipinski definition) is 4. The third kappa shape index (κ3) is 2.61. The highest BCUT2D eigenvalue weighted by Crippen LogP contribution is 2.36. The second kappa shape index (κ2) is 5.07. The summed E-state index contributed by atoms with van der Waals surface area (Å²) in [5.74, 6) is -0.286. The van der Waals surface area contributed by atoms with Crippen molar-refractivity contribution in [3.05, 3.63) is 29.5 Å². The number of rotatable bonds is 2. The summed E-state index contributed by atoms with van der Waals surface area (Å²) in [5.41, 5.74) is 2.58.